The lowest BCUT2D eigenvalue weighted by Crippen LogP contribution is -2.33. The molecule has 0 bridgehead atoms. The van der Waals surface area contributed by atoms with Gasteiger partial charge in [0.05, 0.1) is 31.0 Å². The number of amides is 1. The van der Waals surface area contributed by atoms with Crippen LogP contribution in [0, 0.1) is 0 Å². The zero-order valence-electron chi connectivity index (χ0n) is 15.4. The second kappa shape index (κ2) is 9.38. The van der Waals surface area contributed by atoms with Crippen LogP contribution in [-0.4, -0.2) is 38.2 Å². The summed E-state index contributed by atoms with van der Waals surface area (Å²) in [6.07, 6.45) is -0.370. The zero-order chi connectivity index (χ0) is 19.8. The molecule has 2 aromatic rings. The first kappa shape index (κ1) is 20.0. The molecule has 0 spiro atoms. The first-order valence-electron chi connectivity index (χ1n) is 8.33. The van der Waals surface area contributed by atoms with Crippen LogP contribution in [0.4, 0.5) is 5.69 Å². The molecule has 2 rings (SSSR count). The van der Waals surface area contributed by atoms with E-state index < -0.39 is 23.9 Å². The van der Waals surface area contributed by atoms with Crippen LogP contribution in [0.15, 0.2) is 48.5 Å². The molecule has 1 amide bonds. The summed E-state index contributed by atoms with van der Waals surface area (Å²) < 4.78 is 15.1. The molecule has 0 saturated heterocycles. The third-order valence-corrected chi connectivity index (χ3v) is 3.79. The van der Waals surface area contributed by atoms with E-state index in [2.05, 4.69) is 10.1 Å². The van der Waals surface area contributed by atoms with E-state index in [0.717, 1.165) is 0 Å². The second-order valence-corrected chi connectivity index (χ2v) is 5.56. The van der Waals surface area contributed by atoms with E-state index in [0.29, 0.717) is 12.2 Å². The van der Waals surface area contributed by atoms with Gasteiger partial charge < -0.3 is 19.5 Å². The van der Waals surface area contributed by atoms with E-state index in [4.69, 9.17) is 9.47 Å². The summed E-state index contributed by atoms with van der Waals surface area (Å²) in [6, 6.07) is 13.1. The van der Waals surface area contributed by atoms with E-state index in [1.165, 1.54) is 32.4 Å². The van der Waals surface area contributed by atoms with E-state index >= 15 is 0 Å². The Kier molecular flexibility index (Phi) is 6.93. The third-order valence-electron chi connectivity index (χ3n) is 3.79. The van der Waals surface area contributed by atoms with Crippen LogP contribution in [0.3, 0.4) is 0 Å². The standard InChI is InChI=1S/C20H21NO6/c1-4-17(27-14-8-6-5-7-9-14)18(22)21-16-12-13(19(23)25-2)10-11-15(16)20(24)26-3/h5-12,17H,4H2,1-3H3,(H,21,22)/t17-/m0/s1. The first-order chi connectivity index (χ1) is 13.0. The van der Waals surface area contributed by atoms with Gasteiger partial charge in [-0.15, -0.1) is 0 Å². The van der Waals surface area contributed by atoms with Gasteiger partial charge in [-0.3, -0.25) is 4.79 Å². The Morgan fingerprint density at radius 1 is 0.963 bits per heavy atom. The summed E-state index contributed by atoms with van der Waals surface area (Å²) in [5.74, 6) is -1.13. The Hall–Kier alpha value is -3.35. The highest BCUT2D eigenvalue weighted by molar-refractivity contribution is 6.04. The number of para-hydroxylation sites is 1. The lowest BCUT2D eigenvalue weighted by atomic mass is 10.1. The maximum Gasteiger partial charge on any atom is 0.339 e. The molecule has 1 atom stereocenters. The summed E-state index contributed by atoms with van der Waals surface area (Å²) in [6.45, 7) is 1.80. The highest BCUT2D eigenvalue weighted by Gasteiger charge is 2.22. The van der Waals surface area contributed by atoms with E-state index in [-0.39, 0.29) is 16.8 Å². The molecule has 7 heteroatoms. The van der Waals surface area contributed by atoms with Crippen LogP contribution < -0.4 is 10.1 Å². The van der Waals surface area contributed by atoms with Crippen LogP contribution in [0.5, 0.6) is 5.75 Å². The van der Waals surface area contributed by atoms with Crippen molar-refractivity contribution < 1.29 is 28.6 Å². The van der Waals surface area contributed by atoms with Crippen molar-refractivity contribution >= 4 is 23.5 Å². The second-order valence-electron chi connectivity index (χ2n) is 5.56. The Balaban J connectivity index is 2.27. The number of nitrogens with one attached hydrogen (secondary N) is 1. The molecule has 142 valence electrons. The highest BCUT2D eigenvalue weighted by atomic mass is 16.5. The highest BCUT2D eigenvalue weighted by Crippen LogP contribution is 2.21. The van der Waals surface area contributed by atoms with Gasteiger partial charge in [-0.25, -0.2) is 9.59 Å². The van der Waals surface area contributed by atoms with Crippen molar-refractivity contribution in [3.63, 3.8) is 0 Å². The largest absolute Gasteiger partial charge is 0.481 e. The maximum absolute atomic E-state index is 12.7. The number of carbonyl (C=O) groups is 3. The summed E-state index contributed by atoms with van der Waals surface area (Å²) in [5.41, 5.74) is 0.454. The van der Waals surface area contributed by atoms with Gasteiger partial charge in [0.2, 0.25) is 0 Å². The van der Waals surface area contributed by atoms with Gasteiger partial charge in [-0.05, 0) is 36.8 Å². The average Bonchev–Trinajstić information content (AvgIpc) is 2.71. The van der Waals surface area contributed by atoms with Crippen LogP contribution in [0.25, 0.3) is 0 Å². The minimum atomic E-state index is -0.778. The molecular weight excluding hydrogens is 350 g/mol. The molecule has 27 heavy (non-hydrogen) atoms. The number of esters is 2. The Labute approximate surface area is 157 Å². The van der Waals surface area contributed by atoms with Gasteiger partial charge >= 0.3 is 11.9 Å². The lowest BCUT2D eigenvalue weighted by molar-refractivity contribution is -0.122. The van der Waals surface area contributed by atoms with Crippen molar-refractivity contribution in [2.45, 2.75) is 19.4 Å². The lowest BCUT2D eigenvalue weighted by Gasteiger charge is -2.18. The van der Waals surface area contributed by atoms with Crippen molar-refractivity contribution in [3.8, 4) is 5.75 Å². The predicted molar refractivity (Wildman–Crippen MR) is 98.9 cm³/mol. The van der Waals surface area contributed by atoms with Crippen molar-refractivity contribution in [1.82, 2.24) is 0 Å². The SMILES string of the molecule is CC[C@H](Oc1ccccc1)C(=O)Nc1cc(C(=O)OC)ccc1C(=O)OC. The number of benzene rings is 2. The molecule has 0 fully saturated rings. The molecule has 0 unspecified atom stereocenters. The van der Waals surface area contributed by atoms with Gasteiger partial charge in [-0.2, -0.15) is 0 Å². The van der Waals surface area contributed by atoms with E-state index in [1.54, 1.807) is 31.2 Å². The van der Waals surface area contributed by atoms with Gasteiger partial charge in [0, 0.05) is 0 Å². The molecule has 0 saturated carbocycles. The fourth-order valence-electron chi connectivity index (χ4n) is 2.38. The normalized spacial score (nSPS) is 11.2. The van der Waals surface area contributed by atoms with Gasteiger partial charge in [0.15, 0.2) is 6.10 Å². The van der Waals surface area contributed by atoms with Crippen molar-refractivity contribution in [3.05, 3.63) is 59.7 Å². The number of anilines is 1. The predicted octanol–water partition coefficient (Wildman–Crippen LogP) is 3.06. The topological polar surface area (TPSA) is 90.9 Å². The minimum absolute atomic E-state index is 0.119. The van der Waals surface area contributed by atoms with E-state index in [1.807, 2.05) is 6.07 Å². The van der Waals surface area contributed by atoms with Gasteiger partial charge in [0.1, 0.15) is 5.75 Å². The third kappa shape index (κ3) is 5.07. The number of rotatable bonds is 7. The number of hydrogen-bond acceptors (Lipinski definition) is 6. The number of ether oxygens (including phenoxy) is 3. The molecule has 1 N–H and O–H groups in total. The van der Waals surface area contributed by atoms with Crippen molar-refractivity contribution in [2.24, 2.45) is 0 Å². The van der Waals surface area contributed by atoms with Crippen LogP contribution in [-0.2, 0) is 14.3 Å². The molecule has 0 aromatic heterocycles. The summed E-state index contributed by atoms with van der Waals surface area (Å²) >= 11 is 0. The minimum Gasteiger partial charge on any atom is -0.481 e. The molecule has 7 nitrogen and oxygen atoms in total. The maximum atomic E-state index is 12.7. The average molecular weight is 371 g/mol. The summed E-state index contributed by atoms with van der Waals surface area (Å²) in [7, 11) is 2.48. The smallest absolute Gasteiger partial charge is 0.339 e. The summed E-state index contributed by atoms with van der Waals surface area (Å²) in [5, 5.41) is 2.64. The van der Waals surface area contributed by atoms with Gasteiger partial charge in [-0.1, -0.05) is 25.1 Å². The molecule has 0 heterocycles. The Morgan fingerprint density at radius 3 is 2.22 bits per heavy atom. The number of hydrogen-bond donors (Lipinski definition) is 1. The molecule has 2 aromatic carbocycles. The number of methoxy groups -OCH3 is 2. The first-order valence-corrected chi connectivity index (χ1v) is 8.33. The summed E-state index contributed by atoms with van der Waals surface area (Å²) in [4.78, 5) is 36.4. The van der Waals surface area contributed by atoms with E-state index in [9.17, 15) is 14.4 Å². The molecule has 0 aliphatic carbocycles. The number of carbonyl (C=O) groups excluding carboxylic acids is 3. The fraction of sp³-hybridized carbons (Fsp3) is 0.250. The molecule has 0 aliphatic rings. The van der Waals surface area contributed by atoms with Crippen LogP contribution in [0.1, 0.15) is 34.1 Å². The Bertz CT molecular complexity index is 818. The molecule has 0 aliphatic heterocycles. The van der Waals surface area contributed by atoms with Crippen LogP contribution >= 0.6 is 0 Å². The van der Waals surface area contributed by atoms with Crippen LogP contribution in [0.2, 0.25) is 0 Å². The van der Waals surface area contributed by atoms with Gasteiger partial charge in [0.25, 0.3) is 5.91 Å². The van der Waals surface area contributed by atoms with Crippen molar-refractivity contribution in [2.75, 3.05) is 19.5 Å². The fourth-order valence-corrected chi connectivity index (χ4v) is 2.38. The monoisotopic (exact) mass is 371 g/mol. The Morgan fingerprint density at radius 2 is 1.63 bits per heavy atom. The molecular formula is C20H21NO6. The zero-order valence-corrected chi connectivity index (χ0v) is 15.4. The van der Waals surface area contributed by atoms with Crippen molar-refractivity contribution in [1.29, 1.82) is 0 Å². The molecule has 0 radical (unpaired) electrons. The quantitative estimate of drug-likeness (QED) is 0.752.